The molecule has 0 bridgehead atoms. The second-order valence-corrected chi connectivity index (χ2v) is 5.86. The largest absolute Gasteiger partial charge is 0.398 e. The van der Waals surface area contributed by atoms with Crippen molar-refractivity contribution in [3.8, 4) is 11.4 Å². The third-order valence-corrected chi connectivity index (χ3v) is 4.10. The van der Waals surface area contributed by atoms with Crippen LogP contribution in [-0.4, -0.2) is 20.2 Å². The molecule has 6 heteroatoms. The maximum Gasteiger partial charge on any atom is 0.184 e. The Bertz CT molecular complexity index is 605. The van der Waals surface area contributed by atoms with Crippen LogP contribution in [0.15, 0.2) is 18.2 Å². The number of halogens is 1. The molecule has 0 saturated heterocycles. The highest BCUT2D eigenvalue weighted by atomic mass is 35.5. The first kappa shape index (κ1) is 13.4. The molecule has 0 amide bonds. The first-order valence-electron chi connectivity index (χ1n) is 7.02. The van der Waals surface area contributed by atoms with Crippen LogP contribution in [0.1, 0.15) is 38.6 Å². The van der Waals surface area contributed by atoms with Gasteiger partial charge in [-0.15, -0.1) is 5.10 Å². The first-order chi connectivity index (χ1) is 9.69. The summed E-state index contributed by atoms with van der Waals surface area (Å²) in [6, 6.07) is 5.71. The molecule has 1 aliphatic rings. The van der Waals surface area contributed by atoms with Crippen LogP contribution in [-0.2, 0) is 0 Å². The predicted octanol–water partition coefficient (Wildman–Crippen LogP) is 3.33. The number of tetrazole rings is 1. The fourth-order valence-corrected chi connectivity index (χ4v) is 2.69. The van der Waals surface area contributed by atoms with E-state index in [1.807, 2.05) is 10.7 Å². The summed E-state index contributed by atoms with van der Waals surface area (Å²) in [7, 11) is 0. The molecule has 2 N–H and O–H groups in total. The molecular formula is C14H18ClN5. The van der Waals surface area contributed by atoms with E-state index in [0.717, 1.165) is 24.3 Å². The lowest BCUT2D eigenvalue weighted by molar-refractivity contribution is 0.389. The van der Waals surface area contributed by atoms with Crippen LogP contribution in [0, 0.1) is 5.92 Å². The van der Waals surface area contributed by atoms with Gasteiger partial charge in [-0.05, 0) is 47.4 Å². The second-order valence-electron chi connectivity index (χ2n) is 5.42. The Balaban J connectivity index is 1.97. The summed E-state index contributed by atoms with van der Waals surface area (Å²) in [5.41, 5.74) is 7.48. The van der Waals surface area contributed by atoms with Crippen LogP contribution >= 0.6 is 11.6 Å². The highest BCUT2D eigenvalue weighted by molar-refractivity contribution is 6.31. The van der Waals surface area contributed by atoms with E-state index in [-0.39, 0.29) is 0 Å². The van der Waals surface area contributed by atoms with Gasteiger partial charge in [0.2, 0.25) is 0 Å². The smallest absolute Gasteiger partial charge is 0.184 e. The molecule has 1 aromatic heterocycles. The highest BCUT2D eigenvalue weighted by Gasteiger charge is 2.28. The zero-order valence-corrected chi connectivity index (χ0v) is 12.2. The van der Waals surface area contributed by atoms with Crippen molar-refractivity contribution in [3.05, 3.63) is 23.2 Å². The van der Waals surface area contributed by atoms with E-state index < -0.39 is 0 Å². The summed E-state index contributed by atoms with van der Waals surface area (Å²) in [6.45, 7) is 2.17. The molecule has 0 aliphatic heterocycles. The zero-order chi connectivity index (χ0) is 14.1. The maximum absolute atomic E-state index is 6.06. The van der Waals surface area contributed by atoms with Gasteiger partial charge in [-0.2, -0.15) is 0 Å². The standard InChI is InChI=1S/C14H18ClN5/c1-2-11(7-9-3-4-9)20-14(17-18-19-20)12-8-10(15)5-6-13(12)16/h5-6,8-9,11H,2-4,7,16H2,1H3. The van der Waals surface area contributed by atoms with E-state index in [4.69, 9.17) is 17.3 Å². The van der Waals surface area contributed by atoms with Crippen LogP contribution in [0.4, 0.5) is 5.69 Å². The number of rotatable bonds is 5. The number of hydrogen-bond acceptors (Lipinski definition) is 4. The topological polar surface area (TPSA) is 69.6 Å². The van der Waals surface area contributed by atoms with Crippen LogP contribution in [0.2, 0.25) is 5.02 Å². The lowest BCUT2D eigenvalue weighted by atomic mass is 10.1. The Morgan fingerprint density at radius 2 is 2.25 bits per heavy atom. The minimum absolute atomic E-state index is 0.325. The maximum atomic E-state index is 6.06. The van der Waals surface area contributed by atoms with Crippen molar-refractivity contribution in [1.82, 2.24) is 20.2 Å². The van der Waals surface area contributed by atoms with E-state index in [0.29, 0.717) is 22.6 Å². The van der Waals surface area contributed by atoms with Crippen molar-refractivity contribution in [2.75, 3.05) is 5.73 Å². The number of benzene rings is 1. The minimum Gasteiger partial charge on any atom is -0.398 e. The second kappa shape index (κ2) is 5.40. The summed E-state index contributed by atoms with van der Waals surface area (Å²) >= 11 is 6.06. The Labute approximate surface area is 123 Å². The first-order valence-corrected chi connectivity index (χ1v) is 7.40. The monoisotopic (exact) mass is 291 g/mol. The molecule has 3 rings (SSSR count). The molecule has 2 aromatic rings. The average molecular weight is 292 g/mol. The normalized spacial score (nSPS) is 16.3. The number of aromatic nitrogens is 4. The molecule has 1 aliphatic carbocycles. The van der Waals surface area contributed by atoms with Gasteiger partial charge in [0, 0.05) is 16.3 Å². The zero-order valence-electron chi connectivity index (χ0n) is 11.5. The molecule has 0 spiro atoms. The van der Waals surface area contributed by atoms with Gasteiger partial charge in [-0.25, -0.2) is 4.68 Å². The molecule has 1 unspecified atom stereocenters. The molecule has 20 heavy (non-hydrogen) atoms. The summed E-state index contributed by atoms with van der Waals surface area (Å²) in [6.07, 6.45) is 4.80. The Morgan fingerprint density at radius 3 is 2.95 bits per heavy atom. The van der Waals surface area contributed by atoms with Crippen molar-refractivity contribution in [1.29, 1.82) is 0 Å². The van der Waals surface area contributed by atoms with Gasteiger partial charge in [0.15, 0.2) is 5.82 Å². The number of hydrogen-bond donors (Lipinski definition) is 1. The molecule has 1 heterocycles. The molecule has 0 radical (unpaired) electrons. The average Bonchev–Trinajstić information content (AvgIpc) is 3.14. The molecule has 1 fully saturated rings. The van der Waals surface area contributed by atoms with E-state index in [9.17, 15) is 0 Å². The van der Waals surface area contributed by atoms with Crippen molar-refractivity contribution in [2.24, 2.45) is 5.92 Å². The fraction of sp³-hybridized carbons (Fsp3) is 0.500. The molecule has 5 nitrogen and oxygen atoms in total. The fourth-order valence-electron chi connectivity index (χ4n) is 2.52. The van der Waals surface area contributed by atoms with Gasteiger partial charge < -0.3 is 5.73 Å². The summed E-state index contributed by atoms with van der Waals surface area (Å²) in [5, 5.41) is 12.8. The lowest BCUT2D eigenvalue weighted by Crippen LogP contribution is -2.13. The van der Waals surface area contributed by atoms with Crippen LogP contribution in [0.25, 0.3) is 11.4 Å². The van der Waals surface area contributed by atoms with Crippen LogP contribution in [0.5, 0.6) is 0 Å². The third kappa shape index (κ3) is 2.63. The summed E-state index contributed by atoms with van der Waals surface area (Å²) < 4.78 is 1.90. The highest BCUT2D eigenvalue weighted by Crippen LogP contribution is 2.39. The quantitative estimate of drug-likeness (QED) is 0.858. The van der Waals surface area contributed by atoms with Gasteiger partial charge in [0.1, 0.15) is 0 Å². The van der Waals surface area contributed by atoms with Crippen molar-refractivity contribution in [3.63, 3.8) is 0 Å². The molecule has 106 valence electrons. The Hall–Kier alpha value is -1.62. The lowest BCUT2D eigenvalue weighted by Gasteiger charge is -2.16. The SMILES string of the molecule is CCC(CC1CC1)n1nnnc1-c1cc(Cl)ccc1N. The summed E-state index contributed by atoms with van der Waals surface area (Å²) in [5.74, 6) is 1.53. The van der Waals surface area contributed by atoms with Crippen molar-refractivity contribution in [2.45, 2.75) is 38.6 Å². The van der Waals surface area contributed by atoms with Crippen LogP contribution < -0.4 is 5.73 Å². The van der Waals surface area contributed by atoms with E-state index >= 15 is 0 Å². The van der Waals surface area contributed by atoms with Gasteiger partial charge in [-0.1, -0.05) is 31.4 Å². The third-order valence-electron chi connectivity index (χ3n) is 3.87. The molecule has 1 aromatic carbocycles. The van der Waals surface area contributed by atoms with E-state index in [2.05, 4.69) is 22.4 Å². The van der Waals surface area contributed by atoms with Crippen LogP contribution in [0.3, 0.4) is 0 Å². The molecule has 1 saturated carbocycles. The predicted molar refractivity (Wildman–Crippen MR) is 79.3 cm³/mol. The van der Waals surface area contributed by atoms with Crippen molar-refractivity contribution >= 4 is 17.3 Å². The van der Waals surface area contributed by atoms with Gasteiger partial charge >= 0.3 is 0 Å². The van der Waals surface area contributed by atoms with Gasteiger partial charge in [0.05, 0.1) is 6.04 Å². The Kier molecular flexibility index (Phi) is 3.61. The van der Waals surface area contributed by atoms with Gasteiger partial charge in [0.25, 0.3) is 0 Å². The Morgan fingerprint density at radius 1 is 1.45 bits per heavy atom. The van der Waals surface area contributed by atoms with E-state index in [1.165, 1.54) is 12.8 Å². The minimum atomic E-state index is 0.325. The van der Waals surface area contributed by atoms with E-state index in [1.54, 1.807) is 12.1 Å². The number of nitrogens with zero attached hydrogens (tertiary/aromatic N) is 4. The van der Waals surface area contributed by atoms with Gasteiger partial charge in [-0.3, -0.25) is 0 Å². The number of nitrogen functional groups attached to an aromatic ring is 1. The molecular weight excluding hydrogens is 274 g/mol. The summed E-state index contributed by atoms with van der Waals surface area (Å²) in [4.78, 5) is 0. The number of anilines is 1. The molecule has 1 atom stereocenters. The number of nitrogens with two attached hydrogens (primary N) is 1. The van der Waals surface area contributed by atoms with Crippen molar-refractivity contribution < 1.29 is 0 Å².